The number of aromatic hydroxyl groups is 2. The highest BCUT2D eigenvalue weighted by Gasteiger charge is 2.40. The van der Waals surface area contributed by atoms with Crippen LogP contribution >= 0.6 is 0 Å². The molecule has 0 unspecified atom stereocenters. The van der Waals surface area contributed by atoms with Gasteiger partial charge in [-0.15, -0.1) is 4.73 Å². The minimum absolute atomic E-state index is 0.0609. The number of unbranched alkanes of at least 4 members (excludes halogenated alkanes) is 2. The SMILES string of the molecule is COCCOCCOCCOCC[N+](CCOCCOCCOCCOC)=c1ccc2c(C=CC=C3N(CCCCCC(=O)On4c(O)ccc4O)c4ccc(S(=O)(=O)O)cc4C3(C)C)cc(C(C)(C)C)oc-2c1. The first-order valence-electron chi connectivity index (χ1n) is 25.2. The number of benzene rings is 2. The predicted molar refractivity (Wildman–Crippen MR) is 279 cm³/mol. The van der Waals surface area contributed by atoms with Crippen LogP contribution in [0.3, 0.4) is 0 Å². The van der Waals surface area contributed by atoms with Crippen molar-refractivity contribution >= 4 is 27.9 Å². The number of nitrogens with zero attached hydrogens (tertiary/aromatic N) is 3. The quantitative estimate of drug-likeness (QED) is 0.0269. The number of carbonyl (C=O) groups is 1. The molecule has 0 radical (unpaired) electrons. The largest absolute Gasteiger partial charge is 0.492 e. The summed E-state index contributed by atoms with van der Waals surface area (Å²) in [4.78, 5) is 19.6. The number of fused-ring (bicyclic) bond motifs is 2. The summed E-state index contributed by atoms with van der Waals surface area (Å²) in [6.07, 6.45) is 7.94. The molecule has 3 heterocycles. The number of carbonyl (C=O) groups excluding carboxylic acids is 1. The average Bonchev–Trinajstić information content (AvgIpc) is 3.78. The minimum Gasteiger partial charge on any atom is -0.492 e. The summed E-state index contributed by atoms with van der Waals surface area (Å²) in [5.41, 5.74) is 3.31. The van der Waals surface area contributed by atoms with Gasteiger partial charge < -0.3 is 62.3 Å². The fourth-order valence-corrected chi connectivity index (χ4v) is 8.66. The van der Waals surface area contributed by atoms with Crippen LogP contribution in [0.1, 0.15) is 77.2 Å². The normalized spacial score (nSPS) is 14.2. The number of ether oxygens (including phenoxy) is 8. The van der Waals surface area contributed by atoms with E-state index in [-0.39, 0.29) is 16.7 Å². The van der Waals surface area contributed by atoms with Gasteiger partial charge in [0.2, 0.25) is 17.1 Å². The maximum atomic E-state index is 12.5. The molecule has 0 saturated heterocycles. The number of rotatable bonds is 34. The van der Waals surface area contributed by atoms with Crippen LogP contribution < -0.4 is 19.7 Å². The molecule has 3 aliphatic rings. The number of hydrogen-bond acceptors (Lipinski definition) is 16. The van der Waals surface area contributed by atoms with Crippen LogP contribution in [0.15, 0.2) is 81.8 Å². The van der Waals surface area contributed by atoms with Gasteiger partial charge in [0.1, 0.15) is 24.7 Å². The van der Waals surface area contributed by atoms with Crippen molar-refractivity contribution in [2.45, 2.75) is 76.0 Å². The van der Waals surface area contributed by atoms with E-state index in [0.717, 1.165) is 39.2 Å². The standard InChI is InChI=1S/C54H77N3O16S/c1-53(2,3)49-38-41(12-11-13-48-54(4,5)45-40-43(74(61,62)63)16-18-46(45)56(48)21-10-8-9-14-52(60)73-57-50(58)19-20-51(57)59)44-17-15-42(39-47(44)72-49)55(22-24-66-30-32-70-36-34-68-28-26-64-6)23-25-67-31-33-71-37-35-69-29-27-65-7/h11-13,15-20,38-40H,8-10,14,21-37H2,1-7H3,(H2-,58,59,61,62,63)/p+1. The van der Waals surface area contributed by atoms with Crippen molar-refractivity contribution in [2.24, 2.45) is 0 Å². The smallest absolute Gasteiger partial charge is 0.333 e. The van der Waals surface area contributed by atoms with Crippen molar-refractivity contribution in [3.63, 3.8) is 0 Å². The highest BCUT2D eigenvalue weighted by atomic mass is 32.2. The molecule has 0 bridgehead atoms. The molecule has 0 saturated carbocycles. The monoisotopic (exact) mass is 1060 g/mol. The van der Waals surface area contributed by atoms with Crippen molar-refractivity contribution in [1.29, 1.82) is 0 Å². The van der Waals surface area contributed by atoms with Crippen molar-refractivity contribution in [1.82, 2.24) is 9.31 Å². The molecule has 1 aromatic heterocycles. The molecule has 1 aromatic carbocycles. The fraction of sp³-hybridized carbons (Fsp3) is 0.556. The number of allylic oxidation sites excluding steroid dienone is 3. The third kappa shape index (κ3) is 18.3. The van der Waals surface area contributed by atoms with Gasteiger partial charge in [-0.05, 0) is 60.4 Å². The molecule has 19 nitrogen and oxygen atoms in total. The Morgan fingerprint density at radius 3 is 1.81 bits per heavy atom. The first-order valence-corrected chi connectivity index (χ1v) is 26.6. The number of hydrogen-bond donors (Lipinski definition) is 3. The van der Waals surface area contributed by atoms with E-state index in [2.05, 4.69) is 54.5 Å². The van der Waals surface area contributed by atoms with Crippen molar-refractivity contribution in [3.05, 3.63) is 94.7 Å². The number of anilines is 1. The summed E-state index contributed by atoms with van der Waals surface area (Å²) in [5, 5.41) is 20.6. The molecule has 2 aromatic rings. The molecule has 74 heavy (non-hydrogen) atoms. The third-order valence-corrected chi connectivity index (χ3v) is 13.0. The molecule has 0 amide bonds. The molecule has 5 rings (SSSR count). The zero-order valence-corrected chi connectivity index (χ0v) is 45.0. The Balaban J connectivity index is 1.36. The van der Waals surface area contributed by atoms with Crippen LogP contribution in [0.5, 0.6) is 11.8 Å². The Labute approximate surface area is 435 Å². The van der Waals surface area contributed by atoms with Crippen molar-refractivity contribution in [2.75, 3.05) is 131 Å². The van der Waals surface area contributed by atoms with Gasteiger partial charge in [0.05, 0.1) is 90.2 Å². The molecule has 1 aliphatic carbocycles. The van der Waals surface area contributed by atoms with E-state index >= 15 is 0 Å². The summed E-state index contributed by atoms with van der Waals surface area (Å²) in [6.45, 7) is 18.8. The molecule has 3 N–H and O–H groups in total. The van der Waals surface area contributed by atoms with Crippen LogP contribution in [-0.4, -0.2) is 160 Å². The maximum absolute atomic E-state index is 12.5. The maximum Gasteiger partial charge on any atom is 0.333 e. The first-order chi connectivity index (χ1) is 35.4. The van der Waals surface area contributed by atoms with Gasteiger partial charge in [-0.2, -0.15) is 8.42 Å². The lowest BCUT2D eigenvalue weighted by Gasteiger charge is -2.27. The minimum atomic E-state index is -4.47. The Hall–Kier alpha value is -5.13. The molecule has 410 valence electrons. The Morgan fingerprint density at radius 1 is 0.716 bits per heavy atom. The second-order valence-electron chi connectivity index (χ2n) is 19.1. The Morgan fingerprint density at radius 2 is 1.27 bits per heavy atom. The van der Waals surface area contributed by atoms with Crippen LogP contribution in [0.2, 0.25) is 0 Å². The zero-order chi connectivity index (χ0) is 53.6. The first kappa shape index (κ1) is 59.7. The zero-order valence-electron chi connectivity index (χ0n) is 44.2. The van der Waals surface area contributed by atoms with Crippen LogP contribution in [0.4, 0.5) is 5.69 Å². The van der Waals surface area contributed by atoms with Crippen molar-refractivity contribution in [3.8, 4) is 23.1 Å². The lowest BCUT2D eigenvalue weighted by molar-refractivity contribution is -0.145. The topological polar surface area (TPSA) is 219 Å². The lowest BCUT2D eigenvalue weighted by Crippen LogP contribution is -2.36. The van der Waals surface area contributed by atoms with E-state index in [9.17, 15) is 28.0 Å². The lowest BCUT2D eigenvalue weighted by atomic mass is 9.83. The van der Waals surface area contributed by atoms with Crippen molar-refractivity contribution < 1.29 is 75.1 Å². The fourth-order valence-electron chi connectivity index (χ4n) is 8.15. The molecule has 20 heteroatoms. The van der Waals surface area contributed by atoms with Gasteiger partial charge in [-0.25, -0.2) is 9.37 Å². The molecule has 2 aliphatic heterocycles. The van der Waals surface area contributed by atoms with Gasteiger partial charge in [0, 0.05) is 73.2 Å². The van der Waals surface area contributed by atoms with E-state index in [4.69, 9.17) is 47.1 Å². The van der Waals surface area contributed by atoms with Gasteiger partial charge in [-0.1, -0.05) is 53.2 Å². The molecule has 0 spiro atoms. The highest BCUT2D eigenvalue weighted by Crippen LogP contribution is 2.48. The van der Waals surface area contributed by atoms with Crippen LogP contribution in [0.25, 0.3) is 17.4 Å². The summed E-state index contributed by atoms with van der Waals surface area (Å²) in [7, 11) is -1.19. The van der Waals surface area contributed by atoms with Gasteiger partial charge in [-0.3, -0.25) is 4.55 Å². The van der Waals surface area contributed by atoms with Gasteiger partial charge >= 0.3 is 5.97 Å². The second kappa shape index (κ2) is 29.8. The van der Waals surface area contributed by atoms with E-state index in [0.29, 0.717) is 142 Å². The molecule has 0 fully saturated rings. The molecular weight excluding hydrogens is 979 g/mol. The number of methoxy groups -OCH3 is 2. The highest BCUT2D eigenvalue weighted by molar-refractivity contribution is 7.85. The summed E-state index contributed by atoms with van der Waals surface area (Å²) in [6, 6.07) is 15.3. The van der Waals surface area contributed by atoms with E-state index in [1.54, 1.807) is 20.3 Å². The molecular formula is C54H78N3O16S+. The predicted octanol–water partition coefficient (Wildman–Crippen LogP) is 6.22. The Bertz CT molecular complexity index is 2530. The van der Waals surface area contributed by atoms with Crippen LogP contribution in [-0.2, 0) is 63.6 Å². The average molecular weight is 1060 g/mol. The van der Waals surface area contributed by atoms with Gasteiger partial charge in [0.25, 0.3) is 10.1 Å². The number of aromatic nitrogens is 1. The van der Waals surface area contributed by atoms with Crippen LogP contribution in [0, 0.1) is 0 Å². The summed E-state index contributed by atoms with van der Waals surface area (Å²) in [5.74, 6) is 0.110. The van der Waals surface area contributed by atoms with E-state index in [1.807, 2.05) is 32.1 Å². The second-order valence-corrected chi connectivity index (χ2v) is 20.5. The van der Waals surface area contributed by atoms with E-state index < -0.39 is 33.3 Å². The Kier molecular flexibility index (Phi) is 24.1. The molecule has 0 atom stereocenters. The third-order valence-electron chi connectivity index (χ3n) is 12.2. The summed E-state index contributed by atoms with van der Waals surface area (Å²) < 4.78 is 88.4. The van der Waals surface area contributed by atoms with Gasteiger partial charge in [0.15, 0.2) is 13.1 Å². The summed E-state index contributed by atoms with van der Waals surface area (Å²) >= 11 is 0. The van der Waals surface area contributed by atoms with E-state index in [1.165, 1.54) is 24.3 Å².